The van der Waals surface area contributed by atoms with Crippen LogP contribution in [0.25, 0.3) is 0 Å². The SMILES string of the molecule is CCCC(C)CN1C(=O)C(C2CC2)NC(=O)C12CCCC2. The summed E-state index contributed by atoms with van der Waals surface area (Å²) < 4.78 is 0. The Hall–Kier alpha value is -1.06. The second-order valence-corrected chi connectivity index (χ2v) is 7.37. The maximum atomic E-state index is 13.0. The minimum absolute atomic E-state index is 0.125. The maximum Gasteiger partial charge on any atom is 0.246 e. The molecule has 1 saturated heterocycles. The van der Waals surface area contributed by atoms with Crippen LogP contribution in [-0.2, 0) is 9.59 Å². The number of hydrogen-bond acceptors (Lipinski definition) is 2. The quantitative estimate of drug-likeness (QED) is 0.846. The molecule has 4 nitrogen and oxygen atoms in total. The Morgan fingerprint density at radius 3 is 2.52 bits per heavy atom. The predicted octanol–water partition coefficient (Wildman–Crippen LogP) is 2.47. The lowest BCUT2D eigenvalue weighted by Gasteiger charge is -2.47. The molecule has 4 heteroatoms. The number of hydrogen-bond donors (Lipinski definition) is 1. The highest BCUT2D eigenvalue weighted by Crippen LogP contribution is 2.42. The van der Waals surface area contributed by atoms with E-state index in [1.54, 1.807) is 0 Å². The molecule has 0 aromatic carbocycles. The van der Waals surface area contributed by atoms with Gasteiger partial charge < -0.3 is 10.2 Å². The monoisotopic (exact) mass is 292 g/mol. The van der Waals surface area contributed by atoms with Crippen molar-refractivity contribution in [1.29, 1.82) is 0 Å². The van der Waals surface area contributed by atoms with Crippen molar-refractivity contribution in [3.05, 3.63) is 0 Å². The van der Waals surface area contributed by atoms with E-state index >= 15 is 0 Å². The van der Waals surface area contributed by atoms with E-state index in [-0.39, 0.29) is 17.9 Å². The number of carbonyl (C=O) groups is 2. The fraction of sp³-hybridized carbons (Fsp3) is 0.882. The number of carbonyl (C=O) groups excluding carboxylic acids is 2. The van der Waals surface area contributed by atoms with Gasteiger partial charge in [0, 0.05) is 6.54 Å². The van der Waals surface area contributed by atoms with E-state index in [4.69, 9.17) is 0 Å². The van der Waals surface area contributed by atoms with Crippen LogP contribution in [0.4, 0.5) is 0 Å². The second-order valence-electron chi connectivity index (χ2n) is 7.37. The average Bonchev–Trinajstić information content (AvgIpc) is 3.17. The van der Waals surface area contributed by atoms with Crippen LogP contribution in [0.15, 0.2) is 0 Å². The van der Waals surface area contributed by atoms with Crippen LogP contribution >= 0.6 is 0 Å². The third-order valence-corrected chi connectivity index (χ3v) is 5.56. The van der Waals surface area contributed by atoms with Crippen LogP contribution < -0.4 is 5.32 Å². The van der Waals surface area contributed by atoms with Crippen LogP contribution in [-0.4, -0.2) is 34.8 Å². The summed E-state index contributed by atoms with van der Waals surface area (Å²) in [6.07, 6.45) is 8.25. The van der Waals surface area contributed by atoms with Crippen LogP contribution in [0, 0.1) is 11.8 Å². The van der Waals surface area contributed by atoms with Gasteiger partial charge in [0.1, 0.15) is 11.6 Å². The average molecular weight is 292 g/mol. The molecule has 3 fully saturated rings. The Morgan fingerprint density at radius 2 is 1.95 bits per heavy atom. The highest BCUT2D eigenvalue weighted by atomic mass is 16.2. The zero-order valence-corrected chi connectivity index (χ0v) is 13.4. The van der Waals surface area contributed by atoms with E-state index in [9.17, 15) is 9.59 Å². The van der Waals surface area contributed by atoms with Gasteiger partial charge >= 0.3 is 0 Å². The minimum Gasteiger partial charge on any atom is -0.342 e. The molecule has 0 aromatic rings. The molecule has 1 N–H and O–H groups in total. The fourth-order valence-electron chi connectivity index (χ4n) is 4.21. The van der Waals surface area contributed by atoms with Gasteiger partial charge in [-0.05, 0) is 43.9 Å². The third kappa shape index (κ3) is 2.58. The second kappa shape index (κ2) is 5.62. The summed E-state index contributed by atoms with van der Waals surface area (Å²) in [6.45, 7) is 5.14. The molecule has 3 aliphatic rings. The van der Waals surface area contributed by atoms with Gasteiger partial charge in [-0.25, -0.2) is 0 Å². The molecule has 2 saturated carbocycles. The summed E-state index contributed by atoms with van der Waals surface area (Å²) in [7, 11) is 0. The van der Waals surface area contributed by atoms with Crippen LogP contribution in [0.3, 0.4) is 0 Å². The Morgan fingerprint density at radius 1 is 1.29 bits per heavy atom. The van der Waals surface area contributed by atoms with Gasteiger partial charge in [-0.15, -0.1) is 0 Å². The third-order valence-electron chi connectivity index (χ3n) is 5.56. The lowest BCUT2D eigenvalue weighted by Crippen LogP contribution is -2.70. The smallest absolute Gasteiger partial charge is 0.246 e. The van der Waals surface area contributed by atoms with Gasteiger partial charge in [0.05, 0.1) is 0 Å². The fourth-order valence-corrected chi connectivity index (χ4v) is 4.21. The summed E-state index contributed by atoms with van der Waals surface area (Å²) in [5, 5.41) is 3.07. The topological polar surface area (TPSA) is 49.4 Å². The van der Waals surface area contributed by atoms with Crippen molar-refractivity contribution >= 4 is 11.8 Å². The van der Waals surface area contributed by atoms with Crippen molar-refractivity contribution in [2.24, 2.45) is 11.8 Å². The number of amides is 2. The normalized spacial score (nSPS) is 29.8. The molecule has 2 aliphatic carbocycles. The molecule has 1 spiro atoms. The van der Waals surface area contributed by atoms with Crippen LogP contribution in [0.5, 0.6) is 0 Å². The molecule has 21 heavy (non-hydrogen) atoms. The number of nitrogens with one attached hydrogen (secondary N) is 1. The first-order valence-electron chi connectivity index (χ1n) is 8.71. The van der Waals surface area contributed by atoms with E-state index in [2.05, 4.69) is 19.2 Å². The van der Waals surface area contributed by atoms with Gasteiger partial charge in [0.15, 0.2) is 0 Å². The van der Waals surface area contributed by atoms with E-state index in [1.165, 1.54) is 0 Å². The summed E-state index contributed by atoms with van der Waals surface area (Å²) in [4.78, 5) is 27.7. The standard InChI is InChI=1S/C17H28N2O2/c1-3-6-12(2)11-19-15(20)14(13-7-8-13)18-16(21)17(19)9-4-5-10-17/h12-14H,3-11H2,1-2H3,(H,18,21). The van der Waals surface area contributed by atoms with Crippen molar-refractivity contribution in [3.63, 3.8) is 0 Å². The first kappa shape index (κ1) is 14.9. The van der Waals surface area contributed by atoms with E-state index in [0.29, 0.717) is 11.8 Å². The minimum atomic E-state index is -0.523. The maximum absolute atomic E-state index is 13.0. The number of piperazine rings is 1. The van der Waals surface area contributed by atoms with Gasteiger partial charge in [0.2, 0.25) is 11.8 Å². The molecule has 2 amide bonds. The highest BCUT2D eigenvalue weighted by Gasteiger charge is 2.56. The molecule has 2 unspecified atom stereocenters. The van der Waals surface area contributed by atoms with Crippen molar-refractivity contribution in [2.75, 3.05) is 6.54 Å². The first-order chi connectivity index (χ1) is 10.1. The van der Waals surface area contributed by atoms with Crippen LogP contribution in [0.1, 0.15) is 65.2 Å². The largest absolute Gasteiger partial charge is 0.342 e. The lowest BCUT2D eigenvalue weighted by molar-refractivity contribution is -0.158. The van der Waals surface area contributed by atoms with E-state index in [1.807, 2.05) is 4.90 Å². The molecule has 0 aromatic heterocycles. The molecule has 1 aliphatic heterocycles. The zero-order chi connectivity index (χ0) is 15.0. The molecule has 3 rings (SSSR count). The molecule has 2 atom stereocenters. The van der Waals surface area contributed by atoms with Crippen molar-refractivity contribution in [2.45, 2.75) is 76.8 Å². The Bertz CT molecular complexity index is 425. The summed E-state index contributed by atoms with van der Waals surface area (Å²) in [6, 6.07) is -0.238. The Balaban J connectivity index is 1.83. The van der Waals surface area contributed by atoms with Crippen molar-refractivity contribution < 1.29 is 9.59 Å². The molecule has 0 bridgehead atoms. The van der Waals surface area contributed by atoms with Gasteiger partial charge in [-0.3, -0.25) is 9.59 Å². The van der Waals surface area contributed by atoms with Crippen LogP contribution in [0.2, 0.25) is 0 Å². The van der Waals surface area contributed by atoms with Gasteiger partial charge in [-0.2, -0.15) is 0 Å². The lowest BCUT2D eigenvalue weighted by atomic mass is 9.87. The molecule has 1 heterocycles. The highest BCUT2D eigenvalue weighted by molar-refractivity contribution is 6.00. The Kier molecular flexibility index (Phi) is 3.98. The van der Waals surface area contributed by atoms with Gasteiger partial charge in [0.25, 0.3) is 0 Å². The zero-order valence-electron chi connectivity index (χ0n) is 13.4. The Labute approximate surface area is 127 Å². The first-order valence-corrected chi connectivity index (χ1v) is 8.71. The molecular formula is C17H28N2O2. The van der Waals surface area contributed by atoms with E-state index < -0.39 is 5.54 Å². The molecule has 0 radical (unpaired) electrons. The molecular weight excluding hydrogens is 264 g/mol. The van der Waals surface area contributed by atoms with Crippen molar-refractivity contribution in [1.82, 2.24) is 10.2 Å². The summed E-state index contributed by atoms with van der Waals surface area (Å²) in [5.74, 6) is 1.19. The molecule has 118 valence electrons. The van der Waals surface area contributed by atoms with Gasteiger partial charge in [-0.1, -0.05) is 33.1 Å². The predicted molar refractivity (Wildman–Crippen MR) is 81.6 cm³/mol. The van der Waals surface area contributed by atoms with Crippen molar-refractivity contribution in [3.8, 4) is 0 Å². The summed E-state index contributed by atoms with van der Waals surface area (Å²) in [5.41, 5.74) is -0.523. The number of nitrogens with zero attached hydrogens (tertiary/aromatic N) is 1. The van der Waals surface area contributed by atoms with E-state index in [0.717, 1.165) is 57.9 Å². The number of rotatable bonds is 5. The summed E-state index contributed by atoms with van der Waals surface area (Å²) >= 11 is 0.